The molecule has 0 amide bonds. The van der Waals surface area contributed by atoms with Crippen molar-refractivity contribution >= 4 is 32.1 Å². The molecule has 0 saturated carbocycles. The van der Waals surface area contributed by atoms with E-state index in [9.17, 15) is 5.11 Å². The second-order valence-corrected chi connectivity index (χ2v) is 4.26. The van der Waals surface area contributed by atoms with E-state index in [0.29, 0.717) is 11.3 Å². The van der Waals surface area contributed by atoms with Crippen LogP contribution in [0.25, 0.3) is 0 Å². The molecule has 0 aliphatic carbocycles. The molecule has 0 heterocycles. The highest BCUT2D eigenvalue weighted by molar-refractivity contribution is 7.28. The van der Waals surface area contributed by atoms with E-state index in [1.165, 1.54) is 0 Å². The first-order chi connectivity index (χ1) is 8.16. The molecule has 0 fully saturated rings. The van der Waals surface area contributed by atoms with Crippen molar-refractivity contribution in [2.24, 2.45) is 4.99 Å². The van der Waals surface area contributed by atoms with E-state index in [-0.39, 0.29) is 5.75 Å². The van der Waals surface area contributed by atoms with Crippen LogP contribution in [0.5, 0.6) is 5.75 Å². The maximum Gasteiger partial charge on any atom is 0.124 e. The fraction of sp³-hybridized carbons (Fsp3) is 0. The summed E-state index contributed by atoms with van der Waals surface area (Å²) in [5.41, 5.74) is 7.71. The third-order valence-corrected chi connectivity index (χ3v) is 2.82. The maximum absolute atomic E-state index is 9.63. The van der Waals surface area contributed by atoms with Gasteiger partial charge in [0.05, 0.1) is 5.69 Å². The number of aliphatic imine (C=N–C) groups is 1. The number of hydrogen-bond acceptors (Lipinski definition) is 3. The zero-order valence-corrected chi connectivity index (χ0v) is 10.3. The van der Waals surface area contributed by atoms with E-state index >= 15 is 0 Å². The van der Waals surface area contributed by atoms with Gasteiger partial charge >= 0.3 is 0 Å². The summed E-state index contributed by atoms with van der Waals surface area (Å²) in [5.74, 6) is 0.171. The minimum atomic E-state index is 0.171. The molecule has 1 atom stereocenters. The first-order valence-electron chi connectivity index (χ1n) is 5.14. The molecule has 4 heteroatoms. The lowest BCUT2D eigenvalue weighted by molar-refractivity contribution is 0.474. The largest absolute Gasteiger partial charge is 0.507 e. The van der Waals surface area contributed by atoms with Gasteiger partial charge in [-0.15, -0.1) is 9.24 Å². The number of anilines is 1. The number of rotatable bonds is 2. The average Bonchev–Trinajstić information content (AvgIpc) is 2.32. The molecule has 3 N–H and O–H groups in total. The lowest BCUT2D eigenvalue weighted by Crippen LogP contribution is -1.91. The van der Waals surface area contributed by atoms with Gasteiger partial charge in [0.1, 0.15) is 5.75 Å². The number of para-hydroxylation sites is 1. The third kappa shape index (κ3) is 2.83. The standard InChI is InChI=1S/C13H13N2OP/c14-10-5-6-12(16)9(7-10)8-15-11-3-1-2-4-13(11)17/h1-8,16H,14,17H2/b15-8+. The molecule has 3 nitrogen and oxygen atoms in total. The molecule has 0 saturated heterocycles. The van der Waals surface area contributed by atoms with Gasteiger partial charge in [-0.1, -0.05) is 18.2 Å². The van der Waals surface area contributed by atoms with Crippen molar-refractivity contribution in [3.8, 4) is 5.75 Å². The van der Waals surface area contributed by atoms with Gasteiger partial charge in [0.15, 0.2) is 0 Å². The van der Waals surface area contributed by atoms with Crippen LogP contribution in [0.15, 0.2) is 47.5 Å². The van der Waals surface area contributed by atoms with Crippen molar-refractivity contribution in [2.45, 2.75) is 0 Å². The summed E-state index contributed by atoms with van der Waals surface area (Å²) in [6.45, 7) is 0. The van der Waals surface area contributed by atoms with Crippen LogP contribution in [0.3, 0.4) is 0 Å². The van der Waals surface area contributed by atoms with Crippen LogP contribution in [-0.2, 0) is 0 Å². The summed E-state index contributed by atoms with van der Waals surface area (Å²) in [5, 5.41) is 10.6. The molecule has 2 aromatic carbocycles. The Morgan fingerprint density at radius 3 is 2.71 bits per heavy atom. The van der Waals surface area contributed by atoms with Crippen LogP contribution >= 0.6 is 9.24 Å². The predicted octanol–water partition coefficient (Wildman–Crippen LogP) is 2.23. The fourth-order valence-corrected chi connectivity index (χ4v) is 1.70. The number of nitrogens with two attached hydrogens (primary N) is 1. The van der Waals surface area contributed by atoms with Gasteiger partial charge in [0.25, 0.3) is 0 Å². The second-order valence-electron chi connectivity index (χ2n) is 3.64. The minimum absolute atomic E-state index is 0.171. The highest BCUT2D eigenvalue weighted by atomic mass is 31.0. The van der Waals surface area contributed by atoms with E-state index < -0.39 is 0 Å². The fourth-order valence-electron chi connectivity index (χ4n) is 1.42. The summed E-state index contributed by atoms with van der Waals surface area (Å²) in [4.78, 5) is 4.32. The van der Waals surface area contributed by atoms with Gasteiger partial charge < -0.3 is 10.8 Å². The molecule has 0 aliphatic heterocycles. The van der Waals surface area contributed by atoms with Gasteiger partial charge in [-0.3, -0.25) is 4.99 Å². The van der Waals surface area contributed by atoms with Gasteiger partial charge in [-0.05, 0) is 29.6 Å². The van der Waals surface area contributed by atoms with E-state index in [4.69, 9.17) is 5.73 Å². The molecule has 0 aliphatic rings. The molecular weight excluding hydrogens is 231 g/mol. The number of phenols is 1. The summed E-state index contributed by atoms with van der Waals surface area (Å²) < 4.78 is 0. The Labute approximate surface area is 102 Å². The van der Waals surface area contributed by atoms with Crippen molar-refractivity contribution in [1.29, 1.82) is 0 Å². The zero-order valence-electron chi connectivity index (χ0n) is 9.17. The van der Waals surface area contributed by atoms with Crippen molar-refractivity contribution in [3.63, 3.8) is 0 Å². The van der Waals surface area contributed by atoms with Crippen LogP contribution in [0.2, 0.25) is 0 Å². The van der Waals surface area contributed by atoms with Gasteiger partial charge in [0.2, 0.25) is 0 Å². The zero-order chi connectivity index (χ0) is 12.3. The molecular formula is C13H13N2OP. The maximum atomic E-state index is 9.63. The van der Waals surface area contributed by atoms with E-state index in [2.05, 4.69) is 14.2 Å². The first kappa shape index (κ1) is 11.6. The molecule has 0 spiro atoms. The highest BCUT2D eigenvalue weighted by Gasteiger charge is 1.99. The smallest absolute Gasteiger partial charge is 0.124 e. The number of benzene rings is 2. The number of phenolic OH excluding ortho intramolecular Hbond substituents is 1. The quantitative estimate of drug-likeness (QED) is 0.368. The third-order valence-electron chi connectivity index (χ3n) is 2.33. The Bertz CT molecular complexity index is 567. The SMILES string of the molecule is Nc1ccc(O)c(/C=N/c2ccccc2P)c1. The Balaban J connectivity index is 2.32. The highest BCUT2D eigenvalue weighted by Crippen LogP contribution is 2.19. The number of nitrogen functional groups attached to an aromatic ring is 1. The number of nitrogens with zero attached hydrogens (tertiary/aromatic N) is 1. The van der Waals surface area contributed by atoms with Crippen LogP contribution in [0.1, 0.15) is 5.56 Å². The van der Waals surface area contributed by atoms with Crippen LogP contribution in [-0.4, -0.2) is 11.3 Å². The van der Waals surface area contributed by atoms with Gasteiger partial charge in [-0.2, -0.15) is 0 Å². The normalized spacial score (nSPS) is 10.9. The Kier molecular flexibility index (Phi) is 3.40. The summed E-state index contributed by atoms with van der Waals surface area (Å²) in [6, 6.07) is 12.6. The lowest BCUT2D eigenvalue weighted by Gasteiger charge is -2.01. The second kappa shape index (κ2) is 4.98. The van der Waals surface area contributed by atoms with Gasteiger partial charge in [0, 0.05) is 17.5 Å². The average molecular weight is 244 g/mol. The van der Waals surface area contributed by atoms with Crippen LogP contribution in [0, 0.1) is 0 Å². The number of hydrogen-bond donors (Lipinski definition) is 2. The lowest BCUT2D eigenvalue weighted by atomic mass is 10.2. The molecule has 1 unspecified atom stereocenters. The molecule has 0 aromatic heterocycles. The van der Waals surface area contributed by atoms with Crippen molar-refractivity contribution in [1.82, 2.24) is 0 Å². The summed E-state index contributed by atoms with van der Waals surface area (Å²) >= 11 is 0. The predicted molar refractivity (Wildman–Crippen MR) is 75.6 cm³/mol. The Morgan fingerprint density at radius 2 is 1.94 bits per heavy atom. The van der Waals surface area contributed by atoms with Gasteiger partial charge in [-0.25, -0.2) is 0 Å². The Hall–Kier alpha value is -1.86. The monoisotopic (exact) mass is 244 g/mol. The van der Waals surface area contributed by atoms with Crippen molar-refractivity contribution in [2.75, 3.05) is 5.73 Å². The van der Waals surface area contributed by atoms with E-state index in [1.54, 1.807) is 24.4 Å². The van der Waals surface area contributed by atoms with E-state index in [1.807, 2.05) is 24.3 Å². The minimum Gasteiger partial charge on any atom is -0.507 e. The molecule has 2 rings (SSSR count). The molecule has 0 bridgehead atoms. The van der Waals surface area contributed by atoms with Crippen molar-refractivity contribution in [3.05, 3.63) is 48.0 Å². The van der Waals surface area contributed by atoms with Crippen LogP contribution < -0.4 is 11.0 Å². The number of aromatic hydroxyl groups is 1. The summed E-state index contributed by atoms with van der Waals surface area (Å²) in [7, 11) is 2.62. The molecule has 17 heavy (non-hydrogen) atoms. The van der Waals surface area contributed by atoms with Crippen molar-refractivity contribution < 1.29 is 5.11 Å². The molecule has 0 radical (unpaired) electrons. The molecule has 2 aromatic rings. The summed E-state index contributed by atoms with van der Waals surface area (Å²) in [6.07, 6.45) is 1.61. The topological polar surface area (TPSA) is 58.6 Å². The van der Waals surface area contributed by atoms with Crippen LogP contribution in [0.4, 0.5) is 11.4 Å². The molecule has 86 valence electrons. The Morgan fingerprint density at radius 1 is 1.18 bits per heavy atom. The first-order valence-corrected chi connectivity index (χ1v) is 5.71. The van der Waals surface area contributed by atoms with E-state index in [0.717, 1.165) is 11.0 Å².